The quantitative estimate of drug-likeness (QED) is 0.423. The van der Waals surface area contributed by atoms with E-state index in [4.69, 9.17) is 9.47 Å². The number of nitrogens with one attached hydrogen (secondary N) is 1. The number of nitro groups is 1. The first-order chi connectivity index (χ1) is 14.4. The lowest BCUT2D eigenvalue weighted by molar-refractivity contribution is -0.384. The lowest BCUT2D eigenvalue weighted by atomic mass is 10.1. The molecule has 10 nitrogen and oxygen atoms in total. The molecular weight excluding hydrogens is 412 g/mol. The minimum atomic E-state index is -3.75. The van der Waals surface area contributed by atoms with Crippen LogP contribution in [0.15, 0.2) is 46.4 Å². The van der Waals surface area contributed by atoms with Crippen LogP contribution in [-0.2, 0) is 10.0 Å². The van der Waals surface area contributed by atoms with Crippen molar-refractivity contribution in [1.29, 1.82) is 0 Å². The minimum Gasteiger partial charge on any atom is -0.454 e. The van der Waals surface area contributed by atoms with Crippen LogP contribution in [0.5, 0.6) is 11.5 Å². The van der Waals surface area contributed by atoms with Gasteiger partial charge in [0.25, 0.3) is 5.69 Å². The van der Waals surface area contributed by atoms with Crippen LogP contribution in [-0.4, -0.2) is 43.2 Å². The first-order valence-electron chi connectivity index (χ1n) is 9.35. The molecule has 2 aromatic carbocycles. The van der Waals surface area contributed by atoms with Crippen molar-refractivity contribution in [2.24, 2.45) is 5.10 Å². The Morgan fingerprint density at radius 2 is 1.87 bits per heavy atom. The van der Waals surface area contributed by atoms with Crippen molar-refractivity contribution in [3.63, 3.8) is 0 Å². The summed E-state index contributed by atoms with van der Waals surface area (Å²) in [4.78, 5) is 10.8. The van der Waals surface area contributed by atoms with E-state index in [0.717, 1.165) is 24.5 Å². The second-order valence-electron chi connectivity index (χ2n) is 6.92. The summed E-state index contributed by atoms with van der Waals surface area (Å²) >= 11 is 0. The van der Waals surface area contributed by atoms with Crippen molar-refractivity contribution >= 4 is 27.1 Å². The first kappa shape index (κ1) is 20.1. The zero-order chi connectivity index (χ0) is 21.3. The maximum Gasteiger partial charge on any atom is 0.295 e. The van der Waals surface area contributed by atoms with Gasteiger partial charge in [0.2, 0.25) is 16.8 Å². The summed E-state index contributed by atoms with van der Waals surface area (Å²) in [5.41, 5.74) is 3.73. The molecule has 158 valence electrons. The molecule has 0 unspecified atom stereocenters. The SMILES string of the molecule is C/C(=N/Nc1ccc(S(=O)(=O)N2CCCC2)cc1[N+](=O)[O-])c1ccc2c(c1)OCO2. The molecule has 11 heteroatoms. The molecular formula is C19H20N4O6S. The van der Waals surface area contributed by atoms with Crippen LogP contribution < -0.4 is 14.9 Å². The van der Waals surface area contributed by atoms with Crippen LogP contribution in [0, 0.1) is 10.1 Å². The normalized spacial score (nSPS) is 16.6. The lowest BCUT2D eigenvalue weighted by Crippen LogP contribution is -2.27. The van der Waals surface area contributed by atoms with Crippen molar-refractivity contribution < 1.29 is 22.8 Å². The fraction of sp³-hybridized carbons (Fsp3) is 0.316. The smallest absolute Gasteiger partial charge is 0.295 e. The van der Waals surface area contributed by atoms with Crippen molar-refractivity contribution in [2.45, 2.75) is 24.7 Å². The molecule has 4 rings (SSSR count). The van der Waals surface area contributed by atoms with Gasteiger partial charge in [-0.1, -0.05) is 0 Å². The van der Waals surface area contributed by atoms with E-state index in [1.165, 1.54) is 16.4 Å². The molecule has 1 fully saturated rings. The fourth-order valence-corrected chi connectivity index (χ4v) is 4.86. The average molecular weight is 432 g/mol. The largest absolute Gasteiger partial charge is 0.454 e. The molecule has 2 aromatic rings. The summed E-state index contributed by atoms with van der Waals surface area (Å²) in [6, 6.07) is 9.11. The summed E-state index contributed by atoms with van der Waals surface area (Å²) in [6.45, 7) is 2.75. The van der Waals surface area contributed by atoms with E-state index < -0.39 is 14.9 Å². The zero-order valence-electron chi connectivity index (χ0n) is 16.2. The van der Waals surface area contributed by atoms with Crippen LogP contribution in [0.3, 0.4) is 0 Å². The number of fused-ring (bicyclic) bond motifs is 1. The number of nitro benzene ring substituents is 1. The van der Waals surface area contributed by atoms with Gasteiger partial charge in [-0.05, 0) is 50.1 Å². The Hall–Kier alpha value is -3.18. The Kier molecular flexibility index (Phi) is 5.31. The van der Waals surface area contributed by atoms with E-state index in [0.29, 0.717) is 30.3 Å². The standard InChI is InChI=1S/C19H20N4O6S/c1-13(14-4-7-18-19(10-14)29-12-28-18)20-21-16-6-5-15(11-17(16)23(24)25)30(26,27)22-8-2-3-9-22/h4-7,10-11,21H,2-3,8-9,12H2,1H3/b20-13-. The molecule has 2 heterocycles. The van der Waals surface area contributed by atoms with Gasteiger partial charge in [-0.2, -0.15) is 9.41 Å². The molecule has 0 spiro atoms. The van der Waals surface area contributed by atoms with E-state index in [1.54, 1.807) is 25.1 Å². The molecule has 0 saturated carbocycles. The highest BCUT2D eigenvalue weighted by molar-refractivity contribution is 7.89. The predicted octanol–water partition coefficient (Wildman–Crippen LogP) is 2.94. The van der Waals surface area contributed by atoms with E-state index in [-0.39, 0.29) is 23.1 Å². The Balaban J connectivity index is 1.59. The van der Waals surface area contributed by atoms with E-state index >= 15 is 0 Å². The van der Waals surface area contributed by atoms with Gasteiger partial charge in [0.15, 0.2) is 11.5 Å². The molecule has 1 N–H and O–H groups in total. The highest BCUT2D eigenvalue weighted by atomic mass is 32.2. The number of benzene rings is 2. The van der Waals surface area contributed by atoms with Gasteiger partial charge in [-0.15, -0.1) is 0 Å². The summed E-state index contributed by atoms with van der Waals surface area (Å²) < 4.78 is 37.4. The van der Waals surface area contributed by atoms with E-state index in [9.17, 15) is 18.5 Å². The number of anilines is 1. The van der Waals surface area contributed by atoms with Crippen molar-refractivity contribution in [1.82, 2.24) is 4.31 Å². The summed E-state index contributed by atoms with van der Waals surface area (Å²) in [5.74, 6) is 1.24. The summed E-state index contributed by atoms with van der Waals surface area (Å²) in [6.07, 6.45) is 1.57. The molecule has 0 aromatic heterocycles. The van der Waals surface area contributed by atoms with Crippen LogP contribution >= 0.6 is 0 Å². The highest BCUT2D eigenvalue weighted by Crippen LogP contribution is 2.33. The van der Waals surface area contributed by atoms with Gasteiger partial charge in [-0.3, -0.25) is 15.5 Å². The number of hydrazone groups is 1. The molecule has 0 atom stereocenters. The Bertz CT molecular complexity index is 1130. The lowest BCUT2D eigenvalue weighted by Gasteiger charge is -2.15. The molecule has 30 heavy (non-hydrogen) atoms. The van der Waals surface area contributed by atoms with Gasteiger partial charge < -0.3 is 9.47 Å². The summed E-state index contributed by atoms with van der Waals surface area (Å²) in [5, 5.41) is 15.8. The van der Waals surface area contributed by atoms with Gasteiger partial charge in [0.1, 0.15) is 5.69 Å². The van der Waals surface area contributed by atoms with Crippen LogP contribution in [0.4, 0.5) is 11.4 Å². The third-order valence-electron chi connectivity index (χ3n) is 5.00. The first-order valence-corrected chi connectivity index (χ1v) is 10.8. The molecule has 2 aliphatic heterocycles. The van der Waals surface area contributed by atoms with Crippen molar-refractivity contribution in [3.05, 3.63) is 52.1 Å². The van der Waals surface area contributed by atoms with Gasteiger partial charge in [0.05, 0.1) is 15.5 Å². The number of hydrogen-bond donors (Lipinski definition) is 1. The monoisotopic (exact) mass is 432 g/mol. The number of nitrogens with zero attached hydrogens (tertiary/aromatic N) is 3. The molecule has 0 aliphatic carbocycles. The van der Waals surface area contributed by atoms with E-state index in [1.807, 2.05) is 0 Å². The van der Waals surface area contributed by atoms with Crippen LogP contribution in [0.1, 0.15) is 25.3 Å². The predicted molar refractivity (Wildman–Crippen MR) is 109 cm³/mol. The zero-order valence-corrected chi connectivity index (χ0v) is 17.0. The number of rotatable bonds is 6. The Morgan fingerprint density at radius 1 is 1.13 bits per heavy atom. The number of sulfonamides is 1. The fourth-order valence-electron chi connectivity index (χ4n) is 3.33. The Morgan fingerprint density at radius 3 is 2.60 bits per heavy atom. The van der Waals surface area contributed by atoms with Crippen molar-refractivity contribution in [3.8, 4) is 11.5 Å². The highest BCUT2D eigenvalue weighted by Gasteiger charge is 2.29. The second-order valence-corrected chi connectivity index (χ2v) is 8.86. The van der Waals surface area contributed by atoms with Crippen molar-refractivity contribution in [2.75, 3.05) is 25.3 Å². The summed E-state index contributed by atoms with van der Waals surface area (Å²) in [7, 11) is -3.75. The molecule has 0 amide bonds. The Labute approximate surface area is 173 Å². The van der Waals surface area contributed by atoms with Gasteiger partial charge in [0, 0.05) is 24.7 Å². The van der Waals surface area contributed by atoms with Gasteiger partial charge in [-0.25, -0.2) is 8.42 Å². The maximum absolute atomic E-state index is 12.7. The molecule has 1 saturated heterocycles. The van der Waals surface area contributed by atoms with Crippen LogP contribution in [0.25, 0.3) is 0 Å². The van der Waals surface area contributed by atoms with E-state index in [2.05, 4.69) is 10.5 Å². The topological polar surface area (TPSA) is 123 Å². The molecule has 2 aliphatic rings. The number of ether oxygens (including phenoxy) is 2. The second kappa shape index (κ2) is 7.92. The molecule has 0 radical (unpaired) electrons. The third-order valence-corrected chi connectivity index (χ3v) is 6.90. The minimum absolute atomic E-state index is 0.0977. The average Bonchev–Trinajstić information content (AvgIpc) is 3.43. The molecule has 0 bridgehead atoms. The third kappa shape index (κ3) is 3.81. The number of hydrogen-bond acceptors (Lipinski definition) is 8. The van der Waals surface area contributed by atoms with Gasteiger partial charge >= 0.3 is 0 Å². The van der Waals surface area contributed by atoms with Crippen LogP contribution in [0.2, 0.25) is 0 Å². The maximum atomic E-state index is 12.7.